The molecule has 0 bridgehead atoms. The number of carbonyl (C=O) groups excluding carboxylic acids is 1. The molecule has 3 aromatic rings. The van der Waals surface area contributed by atoms with E-state index < -0.39 is 16.9 Å². The number of fused-ring (bicyclic) bond motifs is 3. The van der Waals surface area contributed by atoms with E-state index in [-0.39, 0.29) is 24.5 Å². The minimum absolute atomic E-state index is 0.0766. The van der Waals surface area contributed by atoms with E-state index in [0.717, 1.165) is 5.52 Å². The van der Waals surface area contributed by atoms with Crippen LogP contribution < -0.4 is 5.32 Å². The molecule has 1 aromatic heterocycles. The molecule has 0 fully saturated rings. The fourth-order valence-corrected chi connectivity index (χ4v) is 3.70. The van der Waals surface area contributed by atoms with Crippen LogP contribution in [0.15, 0.2) is 59.8 Å². The first-order chi connectivity index (χ1) is 14.5. The lowest BCUT2D eigenvalue weighted by atomic mass is 9.93. The fourth-order valence-electron chi connectivity index (χ4n) is 3.70. The fraction of sp³-hybridized carbons (Fsp3) is 0.238. The van der Waals surface area contributed by atoms with Gasteiger partial charge in [0.15, 0.2) is 0 Å². The van der Waals surface area contributed by atoms with Gasteiger partial charge in [0.05, 0.1) is 33.7 Å². The van der Waals surface area contributed by atoms with E-state index in [2.05, 4.69) is 10.3 Å². The van der Waals surface area contributed by atoms with Crippen LogP contribution in [0.1, 0.15) is 18.5 Å². The number of esters is 1. The normalized spacial score (nSPS) is 15.6. The SMILES string of the molecule is COCCOC(=O)C1=C(C)Nc2nc3ccccc3n2C1c1ccccc1[N+](=O)[O-]. The Labute approximate surface area is 172 Å². The van der Waals surface area contributed by atoms with Crippen molar-refractivity contribution in [3.05, 3.63) is 75.5 Å². The second kappa shape index (κ2) is 7.96. The van der Waals surface area contributed by atoms with Crippen molar-refractivity contribution in [1.82, 2.24) is 9.55 Å². The predicted octanol–water partition coefficient (Wildman–Crippen LogP) is 3.42. The van der Waals surface area contributed by atoms with E-state index in [1.54, 1.807) is 29.7 Å². The molecule has 0 amide bonds. The number of para-hydroxylation sites is 3. The zero-order chi connectivity index (χ0) is 21.3. The minimum Gasteiger partial charge on any atom is -0.460 e. The number of aromatic nitrogens is 2. The zero-order valence-corrected chi connectivity index (χ0v) is 16.5. The van der Waals surface area contributed by atoms with E-state index >= 15 is 0 Å². The Balaban J connectivity index is 1.94. The summed E-state index contributed by atoms with van der Waals surface area (Å²) < 4.78 is 12.1. The summed E-state index contributed by atoms with van der Waals surface area (Å²) in [5.74, 6) is -0.0612. The number of anilines is 1. The average molecular weight is 408 g/mol. The van der Waals surface area contributed by atoms with Gasteiger partial charge in [0.1, 0.15) is 12.6 Å². The van der Waals surface area contributed by atoms with Crippen LogP contribution in [-0.4, -0.2) is 40.8 Å². The Morgan fingerprint density at radius 1 is 1.20 bits per heavy atom. The molecular weight excluding hydrogens is 388 g/mol. The molecule has 1 unspecified atom stereocenters. The van der Waals surface area contributed by atoms with Crippen LogP contribution in [-0.2, 0) is 14.3 Å². The minimum atomic E-state index is -0.773. The molecule has 0 saturated heterocycles. The second-order valence-electron chi connectivity index (χ2n) is 6.80. The Bertz CT molecular complexity index is 1170. The standard InChI is InChI=1S/C21H20N4O5/c1-13-18(20(26)30-12-11-29-2)19(14-7-3-5-9-16(14)25(27)28)24-17-10-6-4-8-15(17)23-21(24)22-13/h3-10,19H,11-12H2,1-2H3,(H,22,23). The van der Waals surface area contributed by atoms with E-state index in [9.17, 15) is 14.9 Å². The molecule has 9 heteroatoms. The van der Waals surface area contributed by atoms with Crippen molar-refractivity contribution in [2.45, 2.75) is 13.0 Å². The predicted molar refractivity (Wildman–Crippen MR) is 110 cm³/mol. The van der Waals surface area contributed by atoms with Crippen molar-refractivity contribution in [1.29, 1.82) is 0 Å². The van der Waals surface area contributed by atoms with E-state index in [1.807, 2.05) is 24.3 Å². The number of hydrogen-bond acceptors (Lipinski definition) is 7. The van der Waals surface area contributed by atoms with Crippen LogP contribution in [0, 0.1) is 10.1 Å². The lowest BCUT2D eigenvalue weighted by Gasteiger charge is -2.30. The lowest BCUT2D eigenvalue weighted by Crippen LogP contribution is -2.29. The van der Waals surface area contributed by atoms with Gasteiger partial charge in [-0.3, -0.25) is 14.7 Å². The van der Waals surface area contributed by atoms with E-state index in [4.69, 9.17) is 9.47 Å². The molecule has 0 saturated carbocycles. The molecule has 1 N–H and O–H groups in total. The smallest absolute Gasteiger partial charge is 0.338 e. The van der Waals surface area contributed by atoms with E-state index in [0.29, 0.717) is 22.7 Å². The number of nitrogens with one attached hydrogen (secondary N) is 1. The molecule has 0 aliphatic carbocycles. The third kappa shape index (κ3) is 3.29. The van der Waals surface area contributed by atoms with Gasteiger partial charge in [-0.05, 0) is 25.1 Å². The largest absolute Gasteiger partial charge is 0.460 e. The molecule has 30 heavy (non-hydrogen) atoms. The number of imidazole rings is 1. The molecule has 9 nitrogen and oxygen atoms in total. The number of nitro groups is 1. The van der Waals surface area contributed by atoms with Gasteiger partial charge < -0.3 is 14.8 Å². The number of methoxy groups -OCH3 is 1. The quantitative estimate of drug-likeness (QED) is 0.288. The summed E-state index contributed by atoms with van der Waals surface area (Å²) in [5, 5.41) is 14.9. The summed E-state index contributed by atoms with van der Waals surface area (Å²) >= 11 is 0. The maximum Gasteiger partial charge on any atom is 0.338 e. The molecule has 1 aliphatic heterocycles. The highest BCUT2D eigenvalue weighted by Crippen LogP contribution is 2.42. The zero-order valence-electron chi connectivity index (χ0n) is 16.5. The van der Waals surface area contributed by atoms with Crippen LogP contribution in [0.4, 0.5) is 11.6 Å². The monoisotopic (exact) mass is 408 g/mol. The van der Waals surface area contributed by atoms with E-state index in [1.165, 1.54) is 13.2 Å². The van der Waals surface area contributed by atoms with Crippen molar-refractivity contribution in [3.63, 3.8) is 0 Å². The molecule has 1 atom stereocenters. The lowest BCUT2D eigenvalue weighted by molar-refractivity contribution is -0.385. The average Bonchev–Trinajstić information content (AvgIpc) is 3.10. The first-order valence-corrected chi connectivity index (χ1v) is 9.37. The van der Waals surface area contributed by atoms with Crippen LogP contribution in [0.25, 0.3) is 11.0 Å². The number of allylic oxidation sites excluding steroid dienone is 1. The van der Waals surface area contributed by atoms with Gasteiger partial charge in [0.25, 0.3) is 5.69 Å². The topological polar surface area (TPSA) is 109 Å². The molecular formula is C21H20N4O5. The van der Waals surface area contributed by atoms with Crippen molar-refractivity contribution >= 4 is 28.6 Å². The highest BCUT2D eigenvalue weighted by molar-refractivity contribution is 5.94. The third-order valence-electron chi connectivity index (χ3n) is 5.00. The highest BCUT2D eigenvalue weighted by Gasteiger charge is 2.38. The maximum atomic E-state index is 13.0. The number of hydrogen-bond donors (Lipinski definition) is 1. The molecule has 2 aromatic carbocycles. The van der Waals surface area contributed by atoms with Crippen LogP contribution >= 0.6 is 0 Å². The van der Waals surface area contributed by atoms with Crippen molar-refractivity contribution in [3.8, 4) is 0 Å². The van der Waals surface area contributed by atoms with Crippen molar-refractivity contribution < 1.29 is 19.2 Å². The molecule has 154 valence electrons. The Kier molecular flexibility index (Phi) is 5.20. The van der Waals surface area contributed by atoms with Gasteiger partial charge in [0.2, 0.25) is 5.95 Å². The molecule has 1 aliphatic rings. The highest BCUT2D eigenvalue weighted by atomic mass is 16.6. The van der Waals surface area contributed by atoms with Gasteiger partial charge >= 0.3 is 5.97 Å². The van der Waals surface area contributed by atoms with Gasteiger partial charge in [-0.25, -0.2) is 9.78 Å². The molecule has 0 radical (unpaired) electrons. The number of nitrogens with zero attached hydrogens (tertiary/aromatic N) is 3. The summed E-state index contributed by atoms with van der Waals surface area (Å²) in [6.07, 6.45) is 0. The summed E-state index contributed by atoms with van der Waals surface area (Å²) in [5.41, 5.74) is 2.58. The van der Waals surface area contributed by atoms with Crippen LogP contribution in [0.3, 0.4) is 0 Å². The van der Waals surface area contributed by atoms with Gasteiger partial charge in [-0.1, -0.05) is 24.3 Å². The first kappa shape index (κ1) is 19.6. The summed E-state index contributed by atoms with van der Waals surface area (Å²) in [6, 6.07) is 13.1. The van der Waals surface area contributed by atoms with Gasteiger partial charge in [-0.15, -0.1) is 0 Å². The summed E-state index contributed by atoms with van der Waals surface area (Å²) in [7, 11) is 1.51. The van der Waals surface area contributed by atoms with Crippen molar-refractivity contribution in [2.75, 3.05) is 25.6 Å². The summed E-state index contributed by atoms with van der Waals surface area (Å²) in [6.45, 7) is 2.06. The van der Waals surface area contributed by atoms with Crippen molar-refractivity contribution in [2.24, 2.45) is 0 Å². The maximum absolute atomic E-state index is 13.0. The number of rotatable bonds is 6. The van der Waals surface area contributed by atoms with Crippen LogP contribution in [0.2, 0.25) is 0 Å². The number of benzene rings is 2. The third-order valence-corrected chi connectivity index (χ3v) is 5.00. The van der Waals surface area contributed by atoms with Gasteiger partial charge in [-0.2, -0.15) is 0 Å². The first-order valence-electron chi connectivity index (χ1n) is 9.37. The Morgan fingerprint density at radius 2 is 1.93 bits per heavy atom. The number of nitro benzene ring substituents is 1. The number of ether oxygens (including phenoxy) is 2. The van der Waals surface area contributed by atoms with Gasteiger partial charge in [0, 0.05) is 18.9 Å². The summed E-state index contributed by atoms with van der Waals surface area (Å²) in [4.78, 5) is 29.0. The van der Waals surface area contributed by atoms with Crippen LogP contribution in [0.5, 0.6) is 0 Å². The Hall–Kier alpha value is -3.72. The second-order valence-corrected chi connectivity index (χ2v) is 6.80. The molecule has 0 spiro atoms. The Morgan fingerprint density at radius 3 is 2.70 bits per heavy atom. The molecule has 4 rings (SSSR count). The number of carbonyl (C=O) groups is 1. The molecule has 2 heterocycles.